The van der Waals surface area contributed by atoms with Crippen molar-refractivity contribution in [2.45, 2.75) is 18.9 Å². The van der Waals surface area contributed by atoms with Gasteiger partial charge in [-0.15, -0.1) is 0 Å². The lowest BCUT2D eigenvalue weighted by atomic mass is 10.0. The second kappa shape index (κ2) is 9.93. The first-order valence-electron chi connectivity index (χ1n) is 10.5. The molecule has 3 heterocycles. The van der Waals surface area contributed by atoms with E-state index in [-0.39, 0.29) is 23.9 Å². The first-order chi connectivity index (χ1) is 17.4. The van der Waals surface area contributed by atoms with Gasteiger partial charge in [0, 0.05) is 24.0 Å². The Morgan fingerprint density at radius 1 is 1.00 bits per heavy atom. The van der Waals surface area contributed by atoms with E-state index in [1.54, 1.807) is 12.1 Å². The highest BCUT2D eigenvalue weighted by atomic mass is 19.4. The van der Waals surface area contributed by atoms with Gasteiger partial charge in [-0.3, -0.25) is 5.32 Å². The number of aromatic nitrogens is 4. The zero-order valence-electron chi connectivity index (χ0n) is 18.7. The average molecular weight is 524 g/mol. The van der Waals surface area contributed by atoms with Gasteiger partial charge in [-0.05, 0) is 35.4 Å². The molecule has 0 fully saturated rings. The van der Waals surface area contributed by atoms with Crippen molar-refractivity contribution in [1.82, 2.24) is 24.9 Å². The van der Waals surface area contributed by atoms with Gasteiger partial charge in [0.2, 0.25) is 0 Å². The molecule has 0 radical (unpaired) electrons. The molecule has 0 saturated carbocycles. The second-order valence-electron chi connectivity index (χ2n) is 7.75. The van der Waals surface area contributed by atoms with E-state index in [1.165, 1.54) is 35.2 Å². The lowest BCUT2D eigenvalue weighted by Gasteiger charge is -2.11. The molecule has 37 heavy (non-hydrogen) atoms. The van der Waals surface area contributed by atoms with Crippen LogP contribution >= 0.6 is 0 Å². The fourth-order valence-corrected chi connectivity index (χ4v) is 3.54. The summed E-state index contributed by atoms with van der Waals surface area (Å²) in [6.45, 7) is -1.33. The summed E-state index contributed by atoms with van der Waals surface area (Å²) in [5, 5.41) is 11.1. The molecule has 0 unspecified atom stereocenters. The molecule has 5 N–H and O–H groups in total. The molecule has 4 rings (SSSR count). The van der Waals surface area contributed by atoms with Crippen molar-refractivity contribution in [3.8, 4) is 11.1 Å². The smallest absolute Gasteiger partial charge is 0.382 e. The highest BCUT2D eigenvalue weighted by Gasteiger charge is 2.32. The first kappa shape index (κ1) is 25.7. The third-order valence-electron chi connectivity index (χ3n) is 5.03. The zero-order valence-corrected chi connectivity index (χ0v) is 18.7. The summed E-state index contributed by atoms with van der Waals surface area (Å²) >= 11 is 0. The lowest BCUT2D eigenvalue weighted by molar-refractivity contribution is -0.141. The molecule has 15 heteroatoms. The number of carbonyl (C=O) groups excluding carboxylic acids is 1. The summed E-state index contributed by atoms with van der Waals surface area (Å²) in [4.78, 5) is 19.6. The Bertz CT molecular complexity index is 1420. The van der Waals surface area contributed by atoms with Crippen LogP contribution in [-0.2, 0) is 12.7 Å². The maximum Gasteiger partial charge on any atom is 0.433 e. The highest BCUT2D eigenvalue weighted by Crippen LogP contribution is 2.33. The second-order valence-corrected chi connectivity index (χ2v) is 7.75. The minimum absolute atomic E-state index is 0.113. The Morgan fingerprint density at radius 3 is 2.41 bits per heavy atom. The Morgan fingerprint density at radius 2 is 1.73 bits per heavy atom. The summed E-state index contributed by atoms with van der Waals surface area (Å²) in [6.07, 6.45) is -6.31. The van der Waals surface area contributed by atoms with Crippen LogP contribution in [0.3, 0.4) is 0 Å². The Kier molecular flexibility index (Phi) is 6.89. The van der Waals surface area contributed by atoms with Crippen molar-refractivity contribution in [2.75, 3.05) is 22.9 Å². The van der Waals surface area contributed by atoms with Crippen molar-refractivity contribution in [3.05, 3.63) is 66.2 Å². The van der Waals surface area contributed by atoms with Gasteiger partial charge in [0.05, 0.1) is 6.54 Å². The van der Waals surface area contributed by atoms with Crippen LogP contribution in [0, 0.1) is 0 Å². The van der Waals surface area contributed by atoms with Gasteiger partial charge in [-0.25, -0.2) is 19.3 Å². The quantitative estimate of drug-likeness (QED) is 0.272. The molecule has 0 aliphatic rings. The molecule has 9 nitrogen and oxygen atoms in total. The number of benzene rings is 1. The number of halogens is 6. The normalized spacial score (nSPS) is 12.1. The van der Waals surface area contributed by atoms with Gasteiger partial charge >= 0.3 is 18.4 Å². The van der Waals surface area contributed by atoms with Gasteiger partial charge in [0.15, 0.2) is 5.82 Å². The number of nitrogens with zero attached hydrogens (tertiary/aromatic N) is 4. The van der Waals surface area contributed by atoms with E-state index in [0.717, 1.165) is 12.1 Å². The fourth-order valence-electron chi connectivity index (χ4n) is 3.54. The highest BCUT2D eigenvalue weighted by molar-refractivity contribution is 5.99. The van der Waals surface area contributed by atoms with E-state index in [4.69, 9.17) is 5.73 Å². The monoisotopic (exact) mass is 524 g/mol. The van der Waals surface area contributed by atoms with Crippen LogP contribution in [0.1, 0.15) is 11.3 Å². The number of nitrogens with one attached hydrogen (secondary N) is 3. The summed E-state index contributed by atoms with van der Waals surface area (Å²) in [5.74, 6) is -0.182. The van der Waals surface area contributed by atoms with Gasteiger partial charge < -0.3 is 16.4 Å². The van der Waals surface area contributed by atoms with Crippen molar-refractivity contribution >= 4 is 28.9 Å². The SMILES string of the molecule is Nc1ncnn2cc(CNCC(F)(F)F)c(-c3ccc(NC(=O)Nc4cccc(C(F)(F)F)n4)cc3)c12. The van der Waals surface area contributed by atoms with Gasteiger partial charge in [-0.1, -0.05) is 18.2 Å². The van der Waals surface area contributed by atoms with Crippen LogP contribution in [0.25, 0.3) is 16.6 Å². The molecular formula is C22H18F6N8O. The van der Waals surface area contributed by atoms with Crippen molar-refractivity contribution in [3.63, 3.8) is 0 Å². The molecular weight excluding hydrogens is 506 g/mol. The van der Waals surface area contributed by atoms with E-state index < -0.39 is 30.6 Å². The molecule has 3 aromatic heterocycles. The summed E-state index contributed by atoms with van der Waals surface area (Å²) in [7, 11) is 0. The molecule has 0 aliphatic heterocycles. The number of nitrogens with two attached hydrogens (primary N) is 1. The van der Waals surface area contributed by atoms with Gasteiger partial charge in [0.25, 0.3) is 0 Å². The number of urea groups is 1. The Hall–Kier alpha value is -4.40. The zero-order chi connectivity index (χ0) is 26.8. The largest absolute Gasteiger partial charge is 0.433 e. The summed E-state index contributed by atoms with van der Waals surface area (Å²) < 4.78 is 77.7. The van der Waals surface area contributed by atoms with Crippen molar-refractivity contribution < 1.29 is 31.1 Å². The minimum atomic E-state index is -4.66. The van der Waals surface area contributed by atoms with E-state index in [9.17, 15) is 31.1 Å². The van der Waals surface area contributed by atoms with E-state index in [0.29, 0.717) is 22.2 Å². The number of alkyl halides is 6. The van der Waals surface area contributed by atoms with Crippen LogP contribution in [0.2, 0.25) is 0 Å². The maximum absolute atomic E-state index is 12.8. The molecule has 0 bridgehead atoms. The molecule has 0 saturated heterocycles. The average Bonchev–Trinajstić information content (AvgIpc) is 3.18. The fraction of sp³-hybridized carbons (Fsp3) is 0.182. The van der Waals surface area contributed by atoms with Crippen molar-refractivity contribution in [2.24, 2.45) is 0 Å². The number of rotatable bonds is 6. The van der Waals surface area contributed by atoms with Crippen LogP contribution in [0.4, 0.5) is 48.5 Å². The van der Waals surface area contributed by atoms with Crippen LogP contribution in [-0.4, -0.2) is 38.3 Å². The van der Waals surface area contributed by atoms with Crippen LogP contribution in [0.15, 0.2) is 55.0 Å². The number of hydrogen-bond donors (Lipinski definition) is 4. The number of fused-ring (bicyclic) bond motifs is 1. The van der Waals surface area contributed by atoms with Crippen LogP contribution < -0.4 is 21.7 Å². The predicted molar refractivity (Wildman–Crippen MR) is 122 cm³/mol. The molecule has 0 atom stereocenters. The van der Waals surface area contributed by atoms with Gasteiger partial charge in [-0.2, -0.15) is 31.4 Å². The predicted octanol–water partition coefficient (Wildman–Crippen LogP) is 4.69. The molecule has 1 aromatic carbocycles. The lowest BCUT2D eigenvalue weighted by Crippen LogP contribution is -2.28. The van der Waals surface area contributed by atoms with E-state index in [1.807, 2.05) is 0 Å². The standard InChI is InChI=1S/C22H18F6N8O/c23-21(24,25)10-30-8-13-9-36-18(19(29)31-11-32-36)17(13)12-4-6-14(7-5-12)33-20(37)35-16-3-1-2-15(34-16)22(26,27)28/h1-7,9,11,30H,8,10H2,(H2,29,31,32)(H2,33,34,35,37). The number of carbonyl (C=O) groups is 1. The number of nitrogen functional groups attached to an aromatic ring is 1. The Balaban J connectivity index is 1.53. The molecule has 0 aliphatic carbocycles. The summed E-state index contributed by atoms with van der Waals surface area (Å²) in [6, 6.07) is 8.45. The van der Waals surface area contributed by atoms with E-state index >= 15 is 0 Å². The third-order valence-corrected chi connectivity index (χ3v) is 5.03. The molecule has 2 amide bonds. The topological polar surface area (TPSA) is 122 Å². The number of pyridine rings is 1. The number of anilines is 3. The number of amides is 2. The van der Waals surface area contributed by atoms with E-state index in [2.05, 4.69) is 31.0 Å². The summed E-state index contributed by atoms with van der Waals surface area (Å²) in [5.41, 5.74) is 7.05. The molecule has 194 valence electrons. The molecule has 0 spiro atoms. The number of hydrogen-bond acceptors (Lipinski definition) is 6. The third kappa shape index (κ3) is 6.24. The van der Waals surface area contributed by atoms with Crippen molar-refractivity contribution in [1.29, 1.82) is 0 Å². The first-order valence-corrected chi connectivity index (χ1v) is 10.5. The minimum Gasteiger partial charge on any atom is -0.382 e. The van der Waals surface area contributed by atoms with Gasteiger partial charge in [0.1, 0.15) is 23.4 Å². The maximum atomic E-state index is 12.8. The molecule has 4 aromatic rings. The Labute approximate surface area is 204 Å². The van der Waals surface area contributed by atoms with Crippen LogP contribution in [0.5, 0.6) is 0 Å².